The molecule has 13 heteroatoms. The lowest BCUT2D eigenvalue weighted by atomic mass is 9.85. The summed E-state index contributed by atoms with van der Waals surface area (Å²) in [7, 11) is -5.05. The summed E-state index contributed by atoms with van der Waals surface area (Å²) in [4.78, 5) is 23.2. The van der Waals surface area contributed by atoms with Crippen molar-refractivity contribution in [3.63, 3.8) is 0 Å². The van der Waals surface area contributed by atoms with E-state index in [0.29, 0.717) is 19.4 Å². The molecule has 378 valence electrons. The second-order valence-electron chi connectivity index (χ2n) is 16.9. The number of phosphoric ester groups is 1. The van der Waals surface area contributed by atoms with Crippen molar-refractivity contribution in [3.8, 4) is 0 Å². The molecule has 1 saturated carbocycles. The highest BCUT2D eigenvalue weighted by atomic mass is 31.2. The van der Waals surface area contributed by atoms with Crippen LogP contribution >= 0.6 is 7.82 Å². The summed E-state index contributed by atoms with van der Waals surface area (Å²) in [5.41, 5.74) is 0. The molecule has 0 radical (unpaired) electrons. The van der Waals surface area contributed by atoms with Crippen molar-refractivity contribution in [2.75, 3.05) is 19.8 Å². The van der Waals surface area contributed by atoms with Crippen molar-refractivity contribution in [2.45, 2.75) is 211 Å². The van der Waals surface area contributed by atoms with E-state index in [2.05, 4.69) is 98.9 Å². The number of carbonyl (C=O) groups is 1. The van der Waals surface area contributed by atoms with Crippen LogP contribution in [0.25, 0.3) is 0 Å². The fourth-order valence-corrected chi connectivity index (χ4v) is 7.97. The molecule has 1 rings (SSSR count). The zero-order valence-electron chi connectivity index (χ0n) is 40.5. The summed E-state index contributed by atoms with van der Waals surface area (Å²) in [6.07, 6.45) is 46.3. The minimum absolute atomic E-state index is 0.0548. The first-order valence-electron chi connectivity index (χ1n) is 25.1. The highest BCUT2D eigenvalue weighted by molar-refractivity contribution is 7.47. The Bertz CT molecular complexity index is 1450. The van der Waals surface area contributed by atoms with Crippen LogP contribution in [0.1, 0.15) is 168 Å². The molecule has 0 saturated heterocycles. The number of rotatable bonds is 41. The normalized spacial score (nSPS) is 22.2. The highest BCUT2D eigenvalue weighted by Gasteiger charge is 2.51. The van der Waals surface area contributed by atoms with E-state index in [1.807, 2.05) is 12.2 Å². The first-order chi connectivity index (χ1) is 32.0. The van der Waals surface area contributed by atoms with E-state index in [9.17, 15) is 39.8 Å². The van der Waals surface area contributed by atoms with Gasteiger partial charge in [0.05, 0.1) is 13.2 Å². The molecule has 1 aliphatic rings. The van der Waals surface area contributed by atoms with Gasteiger partial charge in [0, 0.05) is 13.0 Å². The summed E-state index contributed by atoms with van der Waals surface area (Å²) in [5.74, 6) is -0.563. The lowest BCUT2D eigenvalue weighted by molar-refractivity contribution is -0.220. The van der Waals surface area contributed by atoms with E-state index in [1.165, 1.54) is 64.2 Å². The zero-order valence-corrected chi connectivity index (χ0v) is 41.3. The number of allylic oxidation sites excluding steroid dienone is 16. The van der Waals surface area contributed by atoms with Gasteiger partial charge in [-0.1, -0.05) is 175 Å². The average molecular weight is 949 g/mol. The summed E-state index contributed by atoms with van der Waals surface area (Å²) < 4.78 is 34.2. The molecule has 6 N–H and O–H groups in total. The van der Waals surface area contributed by atoms with Gasteiger partial charge in [0.1, 0.15) is 42.7 Å². The predicted octanol–water partition coefficient (Wildman–Crippen LogP) is 11.1. The number of phosphoric acid groups is 1. The summed E-state index contributed by atoms with van der Waals surface area (Å²) in [6.45, 7) is 4.03. The molecule has 0 aromatic carbocycles. The van der Waals surface area contributed by atoms with E-state index < -0.39 is 63.1 Å². The molecule has 0 amide bonds. The van der Waals surface area contributed by atoms with Crippen molar-refractivity contribution in [1.82, 2.24) is 0 Å². The van der Waals surface area contributed by atoms with Crippen LogP contribution in [-0.2, 0) is 27.9 Å². The second-order valence-corrected chi connectivity index (χ2v) is 18.3. The van der Waals surface area contributed by atoms with Gasteiger partial charge < -0.3 is 39.9 Å². The van der Waals surface area contributed by atoms with Gasteiger partial charge in [-0.2, -0.15) is 0 Å². The molecule has 0 spiro atoms. The quantitative estimate of drug-likeness (QED) is 0.0147. The van der Waals surface area contributed by atoms with Crippen molar-refractivity contribution < 1.29 is 58.3 Å². The molecule has 0 bridgehead atoms. The molecule has 66 heavy (non-hydrogen) atoms. The number of esters is 1. The van der Waals surface area contributed by atoms with Crippen molar-refractivity contribution in [2.24, 2.45) is 0 Å². The van der Waals surface area contributed by atoms with Crippen LogP contribution in [0, 0.1) is 0 Å². The molecule has 0 aromatic heterocycles. The zero-order chi connectivity index (χ0) is 48.4. The fraction of sp³-hybridized carbons (Fsp3) is 0.679. The van der Waals surface area contributed by atoms with Gasteiger partial charge in [0.25, 0.3) is 0 Å². The number of ether oxygens (including phenoxy) is 2. The number of hydrogen-bond donors (Lipinski definition) is 6. The summed E-state index contributed by atoms with van der Waals surface area (Å²) in [6, 6.07) is 0. The van der Waals surface area contributed by atoms with Crippen LogP contribution in [-0.4, -0.2) is 98.9 Å². The fourth-order valence-electron chi connectivity index (χ4n) is 7.00. The van der Waals surface area contributed by atoms with Gasteiger partial charge in [-0.05, 0) is 83.5 Å². The summed E-state index contributed by atoms with van der Waals surface area (Å²) >= 11 is 0. The maximum absolute atomic E-state index is 12.8. The van der Waals surface area contributed by atoms with E-state index in [-0.39, 0.29) is 13.0 Å². The van der Waals surface area contributed by atoms with Crippen molar-refractivity contribution in [1.29, 1.82) is 0 Å². The molecule has 6 atom stereocenters. The van der Waals surface area contributed by atoms with E-state index in [1.54, 1.807) is 0 Å². The van der Waals surface area contributed by atoms with Gasteiger partial charge in [0.2, 0.25) is 0 Å². The Kier molecular flexibility index (Phi) is 39.3. The molecule has 0 aromatic rings. The Hall–Kier alpha value is -2.74. The van der Waals surface area contributed by atoms with Crippen LogP contribution in [0.2, 0.25) is 0 Å². The molecule has 0 heterocycles. The average Bonchev–Trinajstić information content (AvgIpc) is 3.30. The number of carbonyl (C=O) groups excluding carboxylic acids is 1. The minimum Gasteiger partial charge on any atom is -0.457 e. The third-order valence-corrected chi connectivity index (χ3v) is 11.9. The third kappa shape index (κ3) is 33.7. The molecule has 12 nitrogen and oxygen atoms in total. The number of aliphatic hydroxyl groups excluding tert-OH is 5. The number of hydrogen-bond acceptors (Lipinski definition) is 11. The Morgan fingerprint density at radius 1 is 0.500 bits per heavy atom. The largest absolute Gasteiger partial charge is 0.472 e. The van der Waals surface area contributed by atoms with E-state index in [4.69, 9.17) is 18.5 Å². The van der Waals surface area contributed by atoms with Crippen LogP contribution in [0.4, 0.5) is 0 Å². The Morgan fingerprint density at radius 3 is 1.36 bits per heavy atom. The maximum atomic E-state index is 12.8. The smallest absolute Gasteiger partial charge is 0.457 e. The predicted molar refractivity (Wildman–Crippen MR) is 267 cm³/mol. The molecule has 1 fully saturated rings. The van der Waals surface area contributed by atoms with Crippen LogP contribution in [0.5, 0.6) is 0 Å². The summed E-state index contributed by atoms with van der Waals surface area (Å²) in [5, 5.41) is 50.3. The SMILES string of the molecule is CC/C=C\C/C=C\C/C=C\C/C=C\C/C=C\C/C=C\CCC(=O)OC(COCCCCCCCCCCCC/C=C\C/C=C\CCCCC)COP(=O)(O)OC1C(O)C(O)C(O)C(O)C1O. The number of aliphatic hydroxyl groups is 5. The molecular formula is C53H89O12P. The van der Waals surface area contributed by atoms with Crippen LogP contribution in [0.3, 0.4) is 0 Å². The first-order valence-corrected chi connectivity index (χ1v) is 26.6. The maximum Gasteiger partial charge on any atom is 0.472 e. The van der Waals surface area contributed by atoms with Gasteiger partial charge in [-0.3, -0.25) is 13.8 Å². The Labute approximate surface area is 398 Å². The van der Waals surface area contributed by atoms with Crippen LogP contribution in [0.15, 0.2) is 97.2 Å². The first kappa shape index (κ1) is 61.3. The number of unbranched alkanes of at least 4 members (excludes halogenated alkanes) is 13. The third-order valence-electron chi connectivity index (χ3n) is 11.0. The van der Waals surface area contributed by atoms with Gasteiger partial charge >= 0.3 is 13.8 Å². The second kappa shape index (κ2) is 42.4. The van der Waals surface area contributed by atoms with Crippen LogP contribution < -0.4 is 0 Å². The topological polar surface area (TPSA) is 192 Å². The highest BCUT2D eigenvalue weighted by Crippen LogP contribution is 2.47. The van der Waals surface area contributed by atoms with E-state index in [0.717, 1.165) is 70.6 Å². The van der Waals surface area contributed by atoms with Gasteiger partial charge in [0.15, 0.2) is 0 Å². The minimum atomic E-state index is -5.05. The van der Waals surface area contributed by atoms with Gasteiger partial charge in [-0.15, -0.1) is 0 Å². The van der Waals surface area contributed by atoms with Crippen molar-refractivity contribution in [3.05, 3.63) is 97.2 Å². The molecule has 6 unspecified atom stereocenters. The monoisotopic (exact) mass is 949 g/mol. The van der Waals surface area contributed by atoms with Gasteiger partial charge in [-0.25, -0.2) is 4.57 Å². The molecular weight excluding hydrogens is 860 g/mol. The van der Waals surface area contributed by atoms with Crippen molar-refractivity contribution >= 4 is 13.8 Å². The lowest BCUT2D eigenvalue weighted by Crippen LogP contribution is -2.64. The van der Waals surface area contributed by atoms with E-state index >= 15 is 0 Å². The molecule has 0 aliphatic heterocycles. The Balaban J connectivity index is 2.42. The Morgan fingerprint density at radius 2 is 0.894 bits per heavy atom. The standard InChI is InChI=1S/C53H89O12P/c1-3-5-7-9-11-13-15-17-19-21-23-25-27-29-31-33-35-37-39-41-43-62-44-46(45-63-66(60,61)65-53-51(58)49(56)48(55)50(57)52(53)59)64-47(54)42-40-38-36-34-32-30-28-26-24-22-20-18-16-14-12-10-8-6-4-2/h6,8,11-14,17-20,24,26,30,32,36,38,46,48-53,55-59H,3-5,7,9-10,15-16,21-23,25,27-29,31,33-35,37,39-45H2,1-2H3,(H,60,61)/b8-6-,13-11-,14-12-,19-17-,20-18-,26-24-,32-30-,38-36-. The molecule has 1 aliphatic carbocycles. The lowest BCUT2D eigenvalue weighted by Gasteiger charge is -2.41.